The molecule has 2 aromatic carbocycles. The van der Waals surface area contributed by atoms with Crippen LogP contribution in [0, 0.1) is 0 Å². The smallest absolute Gasteiger partial charge is 0.263 e. The quantitative estimate of drug-likeness (QED) is 0.665. The molecule has 10 heteroatoms. The molecular weight excluding hydrogens is 414 g/mol. The highest BCUT2D eigenvalue weighted by Gasteiger charge is 2.55. The molecule has 3 amide bonds. The van der Waals surface area contributed by atoms with Gasteiger partial charge >= 0.3 is 0 Å². The fourth-order valence-electron chi connectivity index (χ4n) is 3.74. The summed E-state index contributed by atoms with van der Waals surface area (Å²) in [5, 5.41) is 11.9. The molecule has 0 bridgehead atoms. The van der Waals surface area contributed by atoms with Crippen LogP contribution in [0.3, 0.4) is 0 Å². The van der Waals surface area contributed by atoms with Gasteiger partial charge in [0, 0.05) is 11.8 Å². The first-order valence-corrected chi connectivity index (χ1v) is 10.1. The summed E-state index contributed by atoms with van der Waals surface area (Å²) in [6.07, 6.45) is 0.901. The van der Waals surface area contributed by atoms with E-state index in [2.05, 4.69) is 15.7 Å². The second-order valence-electron chi connectivity index (χ2n) is 7.34. The molecule has 0 saturated carbocycles. The number of anilines is 2. The molecule has 4 rings (SSSR count). The third-order valence-electron chi connectivity index (χ3n) is 5.43. The Morgan fingerprint density at radius 1 is 1.03 bits per heavy atom. The van der Waals surface area contributed by atoms with E-state index in [-0.39, 0.29) is 12.5 Å². The Bertz CT molecular complexity index is 1080. The van der Waals surface area contributed by atoms with Crippen LogP contribution in [0.1, 0.15) is 12.5 Å². The van der Waals surface area contributed by atoms with Gasteiger partial charge in [0.05, 0.1) is 19.9 Å². The number of benzene rings is 2. The highest BCUT2D eigenvalue weighted by atomic mass is 16.5. The Morgan fingerprint density at radius 3 is 2.41 bits per heavy atom. The Morgan fingerprint density at radius 2 is 1.75 bits per heavy atom. The van der Waals surface area contributed by atoms with E-state index in [0.29, 0.717) is 22.9 Å². The minimum atomic E-state index is -0.993. The Balaban J connectivity index is 1.48. The molecule has 1 saturated heterocycles. The van der Waals surface area contributed by atoms with E-state index in [0.717, 1.165) is 16.9 Å². The normalized spacial score (nSPS) is 19.3. The molecule has 32 heavy (non-hydrogen) atoms. The summed E-state index contributed by atoms with van der Waals surface area (Å²) in [6, 6.07) is 10.3. The molecular formula is C22H23N5O5. The number of aryl methyl sites for hydroxylation is 1. The average Bonchev–Trinajstić information content (AvgIpc) is 3.32. The van der Waals surface area contributed by atoms with Crippen LogP contribution in [0.15, 0.2) is 52.8 Å². The first-order chi connectivity index (χ1) is 15.5. The number of nitrogens with one attached hydrogen (secondary N) is 1. The molecule has 2 aliphatic rings. The van der Waals surface area contributed by atoms with Crippen LogP contribution in [0.2, 0.25) is 0 Å². The van der Waals surface area contributed by atoms with Crippen LogP contribution in [-0.4, -0.2) is 55.6 Å². The summed E-state index contributed by atoms with van der Waals surface area (Å²) in [7, 11) is 2.96. The van der Waals surface area contributed by atoms with Crippen LogP contribution >= 0.6 is 0 Å². The lowest BCUT2D eigenvalue weighted by atomic mass is 10.1. The zero-order valence-electron chi connectivity index (χ0n) is 17.9. The third-order valence-corrected chi connectivity index (χ3v) is 5.43. The highest BCUT2D eigenvalue weighted by molar-refractivity contribution is 6.25. The van der Waals surface area contributed by atoms with E-state index in [4.69, 9.17) is 9.47 Å². The number of nitrogens with zero attached hydrogens (tertiary/aromatic N) is 4. The van der Waals surface area contributed by atoms with Crippen molar-refractivity contribution in [1.29, 1.82) is 0 Å². The van der Waals surface area contributed by atoms with Crippen molar-refractivity contribution in [2.75, 3.05) is 31.0 Å². The molecule has 0 aliphatic carbocycles. The summed E-state index contributed by atoms with van der Waals surface area (Å²) in [6.45, 7) is 1.84. The number of hydrogen-bond acceptors (Lipinski definition) is 8. The first-order valence-electron chi connectivity index (χ1n) is 10.1. The van der Waals surface area contributed by atoms with Crippen LogP contribution in [0.25, 0.3) is 0 Å². The number of carbonyl (C=O) groups excluding carboxylic acids is 3. The van der Waals surface area contributed by atoms with Gasteiger partial charge in [-0.05, 0) is 36.2 Å². The van der Waals surface area contributed by atoms with E-state index in [1.54, 1.807) is 18.2 Å². The van der Waals surface area contributed by atoms with Gasteiger partial charge in [-0.3, -0.25) is 19.4 Å². The molecule has 1 fully saturated rings. The van der Waals surface area contributed by atoms with Gasteiger partial charge < -0.3 is 14.8 Å². The molecule has 2 aliphatic heterocycles. The number of imide groups is 1. The van der Waals surface area contributed by atoms with Crippen molar-refractivity contribution in [3.63, 3.8) is 0 Å². The van der Waals surface area contributed by atoms with Crippen molar-refractivity contribution in [1.82, 2.24) is 5.01 Å². The van der Waals surface area contributed by atoms with Gasteiger partial charge in [-0.1, -0.05) is 24.3 Å². The zero-order valence-corrected chi connectivity index (χ0v) is 17.9. The molecule has 166 valence electrons. The summed E-state index contributed by atoms with van der Waals surface area (Å²) in [5.41, 5.74) is 2.13. The average molecular weight is 437 g/mol. The van der Waals surface area contributed by atoms with Gasteiger partial charge in [0.15, 0.2) is 23.6 Å². The number of rotatable bonds is 7. The zero-order chi connectivity index (χ0) is 22.8. The van der Waals surface area contributed by atoms with Gasteiger partial charge in [-0.2, -0.15) is 5.11 Å². The highest BCUT2D eigenvalue weighted by Crippen LogP contribution is 2.36. The van der Waals surface area contributed by atoms with Crippen LogP contribution in [-0.2, 0) is 20.8 Å². The van der Waals surface area contributed by atoms with Gasteiger partial charge in [0.1, 0.15) is 6.54 Å². The topological polar surface area (TPSA) is 113 Å². The maximum absolute atomic E-state index is 13.1. The van der Waals surface area contributed by atoms with Crippen molar-refractivity contribution < 1.29 is 23.9 Å². The number of fused-ring (bicyclic) bond motifs is 1. The lowest BCUT2D eigenvalue weighted by Crippen LogP contribution is -2.43. The fraction of sp³-hybridized carbons (Fsp3) is 0.318. The van der Waals surface area contributed by atoms with Gasteiger partial charge in [0.25, 0.3) is 11.8 Å². The van der Waals surface area contributed by atoms with Crippen molar-refractivity contribution >= 4 is 29.1 Å². The predicted octanol–water partition coefficient (Wildman–Crippen LogP) is 2.20. The molecule has 10 nitrogen and oxygen atoms in total. The third kappa shape index (κ3) is 3.75. The summed E-state index contributed by atoms with van der Waals surface area (Å²) in [5.74, 6) is -0.514. The predicted molar refractivity (Wildman–Crippen MR) is 116 cm³/mol. The van der Waals surface area contributed by atoms with Gasteiger partial charge in [-0.15, -0.1) is 0 Å². The fourth-order valence-corrected chi connectivity index (χ4v) is 3.74. The summed E-state index contributed by atoms with van der Waals surface area (Å²) in [4.78, 5) is 39.6. The first kappa shape index (κ1) is 21.3. The van der Waals surface area contributed by atoms with Crippen LogP contribution < -0.4 is 19.7 Å². The molecule has 0 spiro atoms. The van der Waals surface area contributed by atoms with E-state index < -0.39 is 23.9 Å². The second-order valence-corrected chi connectivity index (χ2v) is 7.34. The second kappa shape index (κ2) is 8.66. The molecule has 0 radical (unpaired) electrons. The van der Waals surface area contributed by atoms with E-state index in [1.165, 1.54) is 19.2 Å². The van der Waals surface area contributed by atoms with E-state index in [1.807, 2.05) is 31.2 Å². The Labute approximate surface area is 184 Å². The molecule has 2 atom stereocenters. The number of ether oxygens (including phenoxy) is 2. The minimum absolute atomic E-state index is 0.209. The SMILES string of the molecule is CCc1ccc(NC(=O)CN2N=N[C@H]3C(=O)N(c4ccc(OC)c(OC)c4)C(=O)[C@@H]32)cc1. The van der Waals surface area contributed by atoms with Crippen molar-refractivity contribution in [2.24, 2.45) is 10.3 Å². The number of hydrogen-bond donors (Lipinski definition) is 1. The minimum Gasteiger partial charge on any atom is -0.493 e. The molecule has 0 unspecified atom stereocenters. The number of carbonyl (C=O) groups is 3. The molecule has 1 N–H and O–H groups in total. The molecule has 2 heterocycles. The number of methoxy groups -OCH3 is 2. The lowest BCUT2D eigenvalue weighted by molar-refractivity contribution is -0.123. The maximum Gasteiger partial charge on any atom is 0.263 e. The van der Waals surface area contributed by atoms with E-state index in [9.17, 15) is 14.4 Å². The van der Waals surface area contributed by atoms with E-state index >= 15 is 0 Å². The molecule has 0 aromatic heterocycles. The van der Waals surface area contributed by atoms with Gasteiger partial charge in [-0.25, -0.2) is 4.90 Å². The van der Waals surface area contributed by atoms with Crippen LogP contribution in [0.5, 0.6) is 11.5 Å². The Hall–Kier alpha value is -3.95. The summed E-state index contributed by atoms with van der Waals surface area (Å²) < 4.78 is 10.5. The number of amides is 3. The van der Waals surface area contributed by atoms with Gasteiger partial charge in [0.2, 0.25) is 5.91 Å². The lowest BCUT2D eigenvalue weighted by Gasteiger charge is -2.20. The maximum atomic E-state index is 13.1. The van der Waals surface area contributed by atoms with Crippen molar-refractivity contribution in [2.45, 2.75) is 25.4 Å². The summed E-state index contributed by atoms with van der Waals surface area (Å²) >= 11 is 0. The van der Waals surface area contributed by atoms with Crippen molar-refractivity contribution in [3.05, 3.63) is 48.0 Å². The monoisotopic (exact) mass is 437 g/mol. The standard InChI is InChI=1S/C22H23N5O5/c1-4-13-5-7-14(8-6-13)23-18(28)12-26-20-19(24-25-26)21(29)27(22(20)30)15-9-10-16(31-2)17(11-15)32-3/h5-11,19-20H,4,12H2,1-3H3,(H,23,28)/t19-,20-/m1/s1. The van der Waals surface area contributed by atoms with Crippen molar-refractivity contribution in [3.8, 4) is 11.5 Å². The van der Waals surface area contributed by atoms with Crippen LogP contribution in [0.4, 0.5) is 11.4 Å². The molecule has 2 aromatic rings. The largest absolute Gasteiger partial charge is 0.493 e. The Kier molecular flexibility index (Phi) is 5.76.